The summed E-state index contributed by atoms with van der Waals surface area (Å²) in [5.41, 5.74) is 7.03. The van der Waals surface area contributed by atoms with Crippen molar-refractivity contribution < 1.29 is 0 Å². The van der Waals surface area contributed by atoms with Gasteiger partial charge in [0.25, 0.3) is 0 Å². The molecule has 1 heteroatoms. The summed E-state index contributed by atoms with van der Waals surface area (Å²) < 4.78 is 2.41. The Kier molecular flexibility index (Phi) is 2.35. The zero-order valence-electron chi connectivity index (χ0n) is 12.3. The maximum Gasteiger partial charge on any atom is 0.0522 e. The molecule has 0 saturated carbocycles. The van der Waals surface area contributed by atoms with Gasteiger partial charge in [-0.25, -0.2) is 0 Å². The van der Waals surface area contributed by atoms with Crippen LogP contribution in [0, 0.1) is 13.8 Å². The van der Waals surface area contributed by atoms with E-state index in [0.29, 0.717) is 0 Å². The van der Waals surface area contributed by atoms with Crippen molar-refractivity contribution in [2.24, 2.45) is 7.05 Å². The molecular formula is C19H19N. The highest BCUT2D eigenvalue weighted by molar-refractivity contribution is 6.12. The monoisotopic (exact) mass is 261 g/mol. The molecular weight excluding hydrogens is 242 g/mol. The lowest BCUT2D eigenvalue weighted by atomic mass is 9.96. The number of fused-ring (bicyclic) bond motifs is 5. The third-order valence-corrected chi connectivity index (χ3v) is 4.61. The molecule has 1 aliphatic carbocycles. The summed E-state index contributed by atoms with van der Waals surface area (Å²) in [6, 6.07) is 9.14. The normalized spacial score (nSPS) is 14.2. The Labute approximate surface area is 119 Å². The van der Waals surface area contributed by atoms with E-state index in [-0.39, 0.29) is 0 Å². The molecule has 0 N–H and O–H groups in total. The molecule has 1 heterocycles. The predicted molar refractivity (Wildman–Crippen MR) is 87.3 cm³/mol. The molecule has 100 valence electrons. The molecule has 20 heavy (non-hydrogen) atoms. The van der Waals surface area contributed by atoms with Crippen LogP contribution in [0.3, 0.4) is 0 Å². The minimum Gasteiger partial charge on any atom is -0.347 e. The summed E-state index contributed by atoms with van der Waals surface area (Å²) >= 11 is 0. The van der Waals surface area contributed by atoms with Gasteiger partial charge < -0.3 is 4.57 Å². The highest BCUT2D eigenvalue weighted by atomic mass is 15.0. The van der Waals surface area contributed by atoms with Crippen molar-refractivity contribution in [2.75, 3.05) is 0 Å². The SMILES string of the molecule is Cc1ccc2c(c1)cc(C)c1c2c2c(n1C)CCC=C2. The lowest BCUT2D eigenvalue weighted by Crippen LogP contribution is -1.99. The minimum absolute atomic E-state index is 1.16. The quantitative estimate of drug-likeness (QED) is 0.542. The molecule has 0 unspecified atom stereocenters. The summed E-state index contributed by atoms with van der Waals surface area (Å²) in [6.45, 7) is 4.40. The second-order valence-corrected chi connectivity index (χ2v) is 6.00. The smallest absolute Gasteiger partial charge is 0.0522 e. The van der Waals surface area contributed by atoms with E-state index in [1.165, 1.54) is 44.1 Å². The molecule has 0 saturated heterocycles. The van der Waals surface area contributed by atoms with Crippen molar-refractivity contribution in [2.45, 2.75) is 26.7 Å². The number of aromatic nitrogens is 1. The first-order valence-corrected chi connectivity index (χ1v) is 7.34. The van der Waals surface area contributed by atoms with Crippen molar-refractivity contribution >= 4 is 27.8 Å². The Hall–Kier alpha value is -2.02. The molecule has 0 aliphatic heterocycles. The lowest BCUT2D eigenvalue weighted by Gasteiger charge is -2.08. The number of hydrogen-bond acceptors (Lipinski definition) is 0. The number of hydrogen-bond donors (Lipinski definition) is 0. The molecule has 3 aromatic rings. The first-order chi connectivity index (χ1) is 9.66. The average molecular weight is 261 g/mol. The van der Waals surface area contributed by atoms with E-state index in [1.54, 1.807) is 0 Å². The van der Waals surface area contributed by atoms with E-state index in [0.717, 1.165) is 12.8 Å². The second-order valence-electron chi connectivity index (χ2n) is 6.00. The molecule has 2 aromatic carbocycles. The molecule has 0 spiro atoms. The Balaban J connectivity index is 2.29. The van der Waals surface area contributed by atoms with E-state index in [1.807, 2.05) is 0 Å². The van der Waals surface area contributed by atoms with E-state index >= 15 is 0 Å². The maximum absolute atomic E-state index is 2.41. The van der Waals surface area contributed by atoms with Crippen LogP contribution >= 0.6 is 0 Å². The van der Waals surface area contributed by atoms with E-state index in [2.05, 4.69) is 61.9 Å². The lowest BCUT2D eigenvalue weighted by molar-refractivity contribution is 0.822. The fraction of sp³-hybridized carbons (Fsp3) is 0.263. The molecule has 0 fully saturated rings. The highest BCUT2D eigenvalue weighted by Gasteiger charge is 2.18. The van der Waals surface area contributed by atoms with Gasteiger partial charge in [0, 0.05) is 23.7 Å². The van der Waals surface area contributed by atoms with E-state index in [9.17, 15) is 0 Å². The number of allylic oxidation sites excluding steroid dienone is 1. The van der Waals surface area contributed by atoms with Gasteiger partial charge >= 0.3 is 0 Å². The van der Waals surface area contributed by atoms with Gasteiger partial charge in [-0.3, -0.25) is 0 Å². The molecule has 1 nitrogen and oxygen atoms in total. The van der Waals surface area contributed by atoms with Crippen molar-refractivity contribution in [1.29, 1.82) is 0 Å². The third kappa shape index (κ3) is 1.44. The van der Waals surface area contributed by atoms with Gasteiger partial charge in [0.2, 0.25) is 0 Å². The molecule has 0 radical (unpaired) electrons. The standard InChI is InChI=1S/C19H19N/c1-12-8-9-15-14(10-12)11-13(2)19-18(15)16-6-4-5-7-17(16)20(19)3/h4,6,8-11H,5,7H2,1-3H3. The van der Waals surface area contributed by atoms with Gasteiger partial charge in [0.1, 0.15) is 0 Å². The minimum atomic E-state index is 1.16. The average Bonchev–Trinajstić information content (AvgIpc) is 2.74. The van der Waals surface area contributed by atoms with Crippen molar-refractivity contribution in [1.82, 2.24) is 4.57 Å². The summed E-state index contributed by atoms with van der Waals surface area (Å²) in [6.07, 6.45) is 6.95. The fourth-order valence-corrected chi connectivity index (χ4v) is 3.72. The first kappa shape index (κ1) is 11.8. The Morgan fingerprint density at radius 3 is 2.80 bits per heavy atom. The van der Waals surface area contributed by atoms with Crippen molar-refractivity contribution in [3.8, 4) is 0 Å². The van der Waals surface area contributed by atoms with Gasteiger partial charge in [-0.15, -0.1) is 0 Å². The molecule has 1 aromatic heterocycles. The third-order valence-electron chi connectivity index (χ3n) is 4.61. The van der Waals surface area contributed by atoms with Crippen LogP contribution in [-0.2, 0) is 13.5 Å². The summed E-state index contributed by atoms with van der Waals surface area (Å²) in [7, 11) is 2.22. The van der Waals surface area contributed by atoms with Crippen LogP contribution in [0.15, 0.2) is 30.3 Å². The van der Waals surface area contributed by atoms with Crippen molar-refractivity contribution in [3.05, 3.63) is 52.7 Å². The number of rotatable bonds is 0. The molecule has 1 aliphatic rings. The van der Waals surface area contributed by atoms with E-state index in [4.69, 9.17) is 0 Å². The first-order valence-electron chi connectivity index (χ1n) is 7.34. The summed E-state index contributed by atoms with van der Waals surface area (Å²) in [4.78, 5) is 0. The predicted octanol–water partition coefficient (Wildman–Crippen LogP) is 4.91. The zero-order valence-corrected chi connectivity index (χ0v) is 12.3. The van der Waals surface area contributed by atoms with E-state index < -0.39 is 0 Å². The van der Waals surface area contributed by atoms with Gasteiger partial charge in [0.15, 0.2) is 0 Å². The van der Waals surface area contributed by atoms with Crippen LogP contribution in [0.4, 0.5) is 0 Å². The summed E-state index contributed by atoms with van der Waals surface area (Å²) in [5, 5.41) is 4.19. The maximum atomic E-state index is 2.41. The number of aryl methyl sites for hydroxylation is 3. The van der Waals surface area contributed by atoms with Crippen LogP contribution in [0.5, 0.6) is 0 Å². The number of nitrogens with zero attached hydrogens (tertiary/aromatic N) is 1. The van der Waals surface area contributed by atoms with Crippen LogP contribution in [0.25, 0.3) is 27.8 Å². The van der Waals surface area contributed by atoms with Gasteiger partial charge in [-0.1, -0.05) is 35.9 Å². The van der Waals surface area contributed by atoms with Crippen molar-refractivity contribution in [3.63, 3.8) is 0 Å². The van der Waals surface area contributed by atoms with Gasteiger partial charge in [0.05, 0.1) is 5.52 Å². The van der Waals surface area contributed by atoms with Crippen LogP contribution in [-0.4, -0.2) is 4.57 Å². The molecule has 0 bridgehead atoms. The molecule has 0 amide bonds. The second kappa shape index (κ2) is 3.99. The Morgan fingerprint density at radius 2 is 1.95 bits per heavy atom. The van der Waals surface area contributed by atoms with Crippen LogP contribution < -0.4 is 0 Å². The van der Waals surface area contributed by atoms with Crippen LogP contribution in [0.1, 0.15) is 28.8 Å². The molecule has 0 atom stereocenters. The molecule has 4 rings (SSSR count). The highest BCUT2D eigenvalue weighted by Crippen LogP contribution is 2.37. The zero-order chi connectivity index (χ0) is 13.9. The topological polar surface area (TPSA) is 4.93 Å². The van der Waals surface area contributed by atoms with Gasteiger partial charge in [-0.05, 0) is 49.1 Å². The van der Waals surface area contributed by atoms with Crippen LogP contribution in [0.2, 0.25) is 0 Å². The Morgan fingerprint density at radius 1 is 1.10 bits per heavy atom. The number of benzene rings is 2. The fourth-order valence-electron chi connectivity index (χ4n) is 3.72. The Bertz CT molecular complexity index is 878. The van der Waals surface area contributed by atoms with Gasteiger partial charge in [-0.2, -0.15) is 0 Å². The largest absolute Gasteiger partial charge is 0.347 e. The summed E-state index contributed by atoms with van der Waals surface area (Å²) in [5.74, 6) is 0.